The van der Waals surface area contributed by atoms with Crippen LogP contribution in [0.25, 0.3) is 0 Å². The van der Waals surface area contributed by atoms with Gasteiger partial charge in [-0.2, -0.15) is 0 Å². The SMILES string of the molecule is CC(C)Oc1ncccc1NC(=O)C(N)C(C)C. The molecule has 1 aromatic rings. The summed E-state index contributed by atoms with van der Waals surface area (Å²) in [7, 11) is 0. The Bertz CT molecular complexity index is 405. The minimum atomic E-state index is -0.544. The van der Waals surface area contributed by atoms with Gasteiger partial charge in [-0.25, -0.2) is 4.98 Å². The van der Waals surface area contributed by atoms with E-state index in [-0.39, 0.29) is 17.9 Å². The highest BCUT2D eigenvalue weighted by atomic mass is 16.5. The Kier molecular flexibility index (Phi) is 5.09. The summed E-state index contributed by atoms with van der Waals surface area (Å²) in [5.41, 5.74) is 6.33. The number of hydrogen-bond acceptors (Lipinski definition) is 4. The lowest BCUT2D eigenvalue weighted by Gasteiger charge is -2.17. The summed E-state index contributed by atoms with van der Waals surface area (Å²) < 4.78 is 5.52. The van der Waals surface area contributed by atoms with Crippen LogP contribution in [0.2, 0.25) is 0 Å². The number of amides is 1. The molecule has 3 N–H and O–H groups in total. The van der Waals surface area contributed by atoms with E-state index >= 15 is 0 Å². The molecule has 0 aliphatic rings. The summed E-state index contributed by atoms with van der Waals surface area (Å²) in [6, 6.07) is 2.94. The molecule has 0 aromatic carbocycles. The Hall–Kier alpha value is -1.62. The highest BCUT2D eigenvalue weighted by molar-refractivity contribution is 5.95. The molecule has 0 saturated heterocycles. The van der Waals surface area contributed by atoms with Crippen molar-refractivity contribution in [3.63, 3.8) is 0 Å². The van der Waals surface area contributed by atoms with Gasteiger partial charge in [-0.05, 0) is 31.9 Å². The predicted octanol–water partition coefficient (Wildman–Crippen LogP) is 1.79. The molecule has 0 aliphatic carbocycles. The van der Waals surface area contributed by atoms with Gasteiger partial charge < -0.3 is 15.8 Å². The maximum absolute atomic E-state index is 11.9. The number of carbonyl (C=O) groups excluding carboxylic acids is 1. The first kappa shape index (κ1) is 14.4. The monoisotopic (exact) mass is 251 g/mol. The quantitative estimate of drug-likeness (QED) is 0.836. The summed E-state index contributed by atoms with van der Waals surface area (Å²) in [5.74, 6) is 0.263. The molecule has 18 heavy (non-hydrogen) atoms. The molecule has 100 valence electrons. The second kappa shape index (κ2) is 6.35. The zero-order valence-electron chi connectivity index (χ0n) is 11.3. The van der Waals surface area contributed by atoms with Crippen molar-refractivity contribution in [3.05, 3.63) is 18.3 Å². The largest absolute Gasteiger partial charge is 0.473 e. The second-order valence-corrected chi connectivity index (χ2v) is 4.78. The summed E-state index contributed by atoms with van der Waals surface area (Å²) in [5, 5.41) is 2.75. The summed E-state index contributed by atoms with van der Waals surface area (Å²) in [6.07, 6.45) is 1.62. The Labute approximate surface area is 108 Å². The number of anilines is 1. The highest BCUT2D eigenvalue weighted by Crippen LogP contribution is 2.22. The molecule has 1 heterocycles. The van der Waals surface area contributed by atoms with Gasteiger partial charge >= 0.3 is 0 Å². The molecule has 1 atom stereocenters. The number of pyridine rings is 1. The molecule has 1 amide bonds. The lowest BCUT2D eigenvalue weighted by Crippen LogP contribution is -2.39. The molecule has 0 aliphatic heterocycles. The number of hydrogen-bond donors (Lipinski definition) is 2. The number of nitrogens with one attached hydrogen (secondary N) is 1. The van der Waals surface area contributed by atoms with Crippen LogP contribution in [0.1, 0.15) is 27.7 Å². The van der Waals surface area contributed by atoms with Crippen LogP contribution in [0.5, 0.6) is 5.88 Å². The van der Waals surface area contributed by atoms with Gasteiger partial charge in [0.2, 0.25) is 11.8 Å². The lowest BCUT2D eigenvalue weighted by atomic mass is 10.1. The molecule has 1 rings (SSSR count). The first-order valence-corrected chi connectivity index (χ1v) is 6.10. The van der Waals surface area contributed by atoms with Crippen molar-refractivity contribution >= 4 is 11.6 Å². The molecule has 0 radical (unpaired) electrons. The van der Waals surface area contributed by atoms with Gasteiger partial charge in [0.25, 0.3) is 0 Å². The minimum Gasteiger partial charge on any atom is -0.473 e. The number of aromatic nitrogens is 1. The third kappa shape index (κ3) is 4.00. The van der Waals surface area contributed by atoms with Crippen molar-refractivity contribution in [3.8, 4) is 5.88 Å². The van der Waals surface area contributed by atoms with Crippen molar-refractivity contribution in [2.24, 2.45) is 11.7 Å². The van der Waals surface area contributed by atoms with E-state index in [2.05, 4.69) is 10.3 Å². The third-order valence-corrected chi connectivity index (χ3v) is 2.40. The molecule has 5 nitrogen and oxygen atoms in total. The summed E-state index contributed by atoms with van der Waals surface area (Å²) >= 11 is 0. The van der Waals surface area contributed by atoms with Gasteiger partial charge in [-0.3, -0.25) is 4.79 Å². The third-order valence-electron chi connectivity index (χ3n) is 2.40. The maximum atomic E-state index is 11.9. The van der Waals surface area contributed by atoms with Gasteiger partial charge in [-0.1, -0.05) is 13.8 Å². The fourth-order valence-corrected chi connectivity index (χ4v) is 1.32. The molecule has 5 heteroatoms. The van der Waals surface area contributed by atoms with E-state index in [9.17, 15) is 4.79 Å². The van der Waals surface area contributed by atoms with Crippen molar-refractivity contribution in [1.29, 1.82) is 0 Å². The van der Waals surface area contributed by atoms with Crippen LogP contribution in [0, 0.1) is 5.92 Å². The molecular formula is C13H21N3O2. The molecular weight excluding hydrogens is 230 g/mol. The van der Waals surface area contributed by atoms with E-state index in [1.807, 2.05) is 27.7 Å². The number of carbonyl (C=O) groups is 1. The zero-order valence-corrected chi connectivity index (χ0v) is 11.3. The van der Waals surface area contributed by atoms with Crippen LogP contribution in [0.3, 0.4) is 0 Å². The Morgan fingerprint density at radius 1 is 1.39 bits per heavy atom. The summed E-state index contributed by atoms with van der Waals surface area (Å²) in [4.78, 5) is 16.0. The molecule has 0 bridgehead atoms. The minimum absolute atomic E-state index is 0.00526. The first-order valence-electron chi connectivity index (χ1n) is 6.10. The van der Waals surface area contributed by atoms with E-state index in [1.165, 1.54) is 0 Å². The van der Waals surface area contributed by atoms with E-state index in [0.29, 0.717) is 11.6 Å². The average Bonchev–Trinajstić information content (AvgIpc) is 2.29. The normalized spacial score (nSPS) is 12.6. The van der Waals surface area contributed by atoms with Crippen LogP contribution >= 0.6 is 0 Å². The van der Waals surface area contributed by atoms with E-state index < -0.39 is 6.04 Å². The van der Waals surface area contributed by atoms with Crippen LogP contribution in [-0.4, -0.2) is 23.0 Å². The summed E-state index contributed by atoms with van der Waals surface area (Å²) in [6.45, 7) is 7.61. The highest BCUT2D eigenvalue weighted by Gasteiger charge is 2.19. The standard InChI is InChI=1S/C13H21N3O2/c1-8(2)11(14)12(17)16-10-6-5-7-15-13(10)18-9(3)4/h5-9,11H,14H2,1-4H3,(H,16,17). The van der Waals surface area contributed by atoms with Crippen molar-refractivity contribution in [2.75, 3.05) is 5.32 Å². The lowest BCUT2D eigenvalue weighted by molar-refractivity contribution is -0.118. The molecule has 0 fully saturated rings. The Balaban J connectivity index is 2.81. The van der Waals surface area contributed by atoms with Crippen LogP contribution < -0.4 is 15.8 Å². The number of rotatable bonds is 5. The molecule has 0 spiro atoms. The van der Waals surface area contributed by atoms with Gasteiger partial charge in [-0.15, -0.1) is 0 Å². The number of ether oxygens (including phenoxy) is 1. The van der Waals surface area contributed by atoms with Crippen molar-refractivity contribution in [1.82, 2.24) is 4.98 Å². The van der Waals surface area contributed by atoms with Crippen LogP contribution in [0.4, 0.5) is 5.69 Å². The van der Waals surface area contributed by atoms with Gasteiger partial charge in [0, 0.05) is 6.20 Å². The average molecular weight is 251 g/mol. The predicted molar refractivity (Wildman–Crippen MR) is 71.4 cm³/mol. The first-order chi connectivity index (χ1) is 8.41. The second-order valence-electron chi connectivity index (χ2n) is 4.78. The van der Waals surface area contributed by atoms with Crippen molar-refractivity contribution < 1.29 is 9.53 Å². The smallest absolute Gasteiger partial charge is 0.241 e. The molecule has 1 unspecified atom stereocenters. The van der Waals surface area contributed by atoms with Crippen molar-refractivity contribution in [2.45, 2.75) is 39.8 Å². The van der Waals surface area contributed by atoms with Gasteiger partial charge in [0.05, 0.1) is 12.1 Å². The Morgan fingerprint density at radius 2 is 2.06 bits per heavy atom. The zero-order chi connectivity index (χ0) is 13.7. The topological polar surface area (TPSA) is 77.2 Å². The van der Waals surface area contributed by atoms with Gasteiger partial charge in [0.15, 0.2) is 0 Å². The van der Waals surface area contributed by atoms with E-state index in [1.54, 1.807) is 18.3 Å². The van der Waals surface area contributed by atoms with Crippen LogP contribution in [-0.2, 0) is 4.79 Å². The molecule has 0 saturated carbocycles. The number of nitrogens with two attached hydrogens (primary N) is 1. The molecule has 1 aromatic heterocycles. The Morgan fingerprint density at radius 3 is 2.61 bits per heavy atom. The van der Waals surface area contributed by atoms with Crippen LogP contribution in [0.15, 0.2) is 18.3 Å². The number of nitrogens with zero attached hydrogens (tertiary/aromatic N) is 1. The fraction of sp³-hybridized carbons (Fsp3) is 0.538. The van der Waals surface area contributed by atoms with Gasteiger partial charge in [0.1, 0.15) is 5.69 Å². The fourth-order valence-electron chi connectivity index (χ4n) is 1.32. The maximum Gasteiger partial charge on any atom is 0.241 e. The van der Waals surface area contributed by atoms with E-state index in [0.717, 1.165) is 0 Å². The van der Waals surface area contributed by atoms with E-state index in [4.69, 9.17) is 10.5 Å².